The van der Waals surface area contributed by atoms with Gasteiger partial charge in [0.05, 0.1) is 6.42 Å². The van der Waals surface area contributed by atoms with Gasteiger partial charge in [-0.3, -0.25) is 4.79 Å². The van der Waals surface area contributed by atoms with E-state index < -0.39 is 0 Å². The minimum Gasteiger partial charge on any atom is -0.353 e. The number of amides is 1. The highest BCUT2D eigenvalue weighted by Crippen LogP contribution is 2.28. The highest BCUT2D eigenvalue weighted by atomic mass is 19.1. The Morgan fingerprint density at radius 3 is 2.30 bits per heavy atom. The van der Waals surface area contributed by atoms with E-state index in [0.29, 0.717) is 0 Å². The van der Waals surface area contributed by atoms with Crippen LogP contribution >= 0.6 is 0 Å². The monoisotopic (exact) mass is 313 g/mol. The van der Waals surface area contributed by atoms with Gasteiger partial charge >= 0.3 is 0 Å². The minimum atomic E-state index is -0.285. The van der Waals surface area contributed by atoms with Crippen LogP contribution in [-0.4, -0.2) is 11.9 Å². The molecule has 0 heterocycles. The highest BCUT2D eigenvalue weighted by molar-refractivity contribution is 5.78. The van der Waals surface area contributed by atoms with Crippen molar-refractivity contribution in [3.05, 3.63) is 71.5 Å². The van der Waals surface area contributed by atoms with E-state index in [0.717, 1.165) is 12.0 Å². The Hall–Kier alpha value is -2.16. The van der Waals surface area contributed by atoms with Crippen molar-refractivity contribution in [2.24, 2.45) is 0 Å². The van der Waals surface area contributed by atoms with Crippen LogP contribution in [0.1, 0.15) is 38.3 Å². The average molecular weight is 313 g/mol. The van der Waals surface area contributed by atoms with Crippen molar-refractivity contribution >= 4 is 5.91 Å². The summed E-state index contributed by atoms with van der Waals surface area (Å²) in [4.78, 5) is 12.1. The lowest BCUT2D eigenvalue weighted by atomic mass is 9.79. The maximum absolute atomic E-state index is 12.9. The molecule has 0 bridgehead atoms. The second-order valence-corrected chi connectivity index (χ2v) is 6.73. The lowest BCUT2D eigenvalue weighted by Crippen LogP contribution is -2.38. The third-order valence-electron chi connectivity index (χ3n) is 4.06. The summed E-state index contributed by atoms with van der Waals surface area (Å²) >= 11 is 0. The van der Waals surface area contributed by atoms with Gasteiger partial charge in [0.15, 0.2) is 0 Å². The molecule has 2 aromatic carbocycles. The molecule has 0 fully saturated rings. The van der Waals surface area contributed by atoms with Crippen molar-refractivity contribution in [3.63, 3.8) is 0 Å². The Labute approximate surface area is 137 Å². The van der Waals surface area contributed by atoms with Gasteiger partial charge in [0.25, 0.3) is 0 Å². The van der Waals surface area contributed by atoms with Gasteiger partial charge in [0, 0.05) is 6.04 Å². The molecule has 23 heavy (non-hydrogen) atoms. The Morgan fingerprint density at radius 1 is 1.09 bits per heavy atom. The standard InChI is InChI=1S/C20H24FNO/c1-15(14-20(2,3)17-7-5-4-6-8-17)22-19(23)13-16-9-11-18(21)12-10-16/h4-12,15H,13-14H2,1-3H3,(H,22,23). The Bertz CT molecular complexity index is 634. The predicted octanol–water partition coefficient (Wildman–Crippen LogP) is 4.24. The average Bonchev–Trinajstić information content (AvgIpc) is 2.49. The van der Waals surface area contributed by atoms with E-state index >= 15 is 0 Å². The predicted molar refractivity (Wildman–Crippen MR) is 91.8 cm³/mol. The highest BCUT2D eigenvalue weighted by Gasteiger charge is 2.23. The zero-order valence-corrected chi connectivity index (χ0v) is 14.0. The van der Waals surface area contributed by atoms with Crippen LogP contribution in [0.4, 0.5) is 4.39 Å². The Kier molecular flexibility index (Phi) is 5.54. The van der Waals surface area contributed by atoms with Gasteiger partial charge in [-0.1, -0.05) is 56.3 Å². The first-order valence-corrected chi connectivity index (χ1v) is 7.96. The topological polar surface area (TPSA) is 29.1 Å². The molecule has 1 unspecified atom stereocenters. The zero-order chi connectivity index (χ0) is 16.9. The van der Waals surface area contributed by atoms with Gasteiger partial charge < -0.3 is 5.32 Å². The summed E-state index contributed by atoms with van der Waals surface area (Å²) in [6.07, 6.45) is 1.13. The van der Waals surface area contributed by atoms with Crippen LogP contribution in [0.3, 0.4) is 0 Å². The fourth-order valence-electron chi connectivity index (χ4n) is 2.94. The third-order valence-corrected chi connectivity index (χ3v) is 4.06. The Morgan fingerprint density at radius 2 is 1.70 bits per heavy atom. The first-order chi connectivity index (χ1) is 10.9. The minimum absolute atomic E-state index is 0.0101. The van der Waals surface area contributed by atoms with Gasteiger partial charge in [0.2, 0.25) is 5.91 Å². The maximum Gasteiger partial charge on any atom is 0.224 e. The largest absolute Gasteiger partial charge is 0.353 e. The zero-order valence-electron chi connectivity index (χ0n) is 14.0. The van der Waals surface area contributed by atoms with Crippen LogP contribution in [0.25, 0.3) is 0 Å². The fourth-order valence-corrected chi connectivity index (χ4v) is 2.94. The molecule has 1 atom stereocenters. The molecule has 0 saturated carbocycles. The molecular formula is C20H24FNO. The molecule has 0 aliphatic carbocycles. The lowest BCUT2D eigenvalue weighted by molar-refractivity contribution is -0.121. The quantitative estimate of drug-likeness (QED) is 0.849. The number of benzene rings is 2. The first kappa shape index (κ1) is 17.2. The van der Waals surface area contributed by atoms with Crippen LogP contribution < -0.4 is 5.32 Å². The molecule has 2 aromatic rings. The van der Waals surface area contributed by atoms with Crippen molar-refractivity contribution < 1.29 is 9.18 Å². The molecule has 122 valence electrons. The van der Waals surface area contributed by atoms with Crippen molar-refractivity contribution in [2.45, 2.75) is 45.1 Å². The number of carbonyl (C=O) groups is 1. The summed E-state index contributed by atoms with van der Waals surface area (Å²) in [7, 11) is 0. The molecule has 0 aromatic heterocycles. The van der Waals surface area contributed by atoms with Crippen LogP contribution in [0.15, 0.2) is 54.6 Å². The Balaban J connectivity index is 1.89. The van der Waals surface area contributed by atoms with Crippen molar-refractivity contribution in [1.82, 2.24) is 5.32 Å². The molecule has 0 radical (unpaired) electrons. The maximum atomic E-state index is 12.9. The number of rotatable bonds is 6. The van der Waals surface area contributed by atoms with Crippen molar-refractivity contribution in [3.8, 4) is 0 Å². The molecule has 2 rings (SSSR count). The van der Waals surface area contributed by atoms with E-state index in [9.17, 15) is 9.18 Å². The fraction of sp³-hybridized carbons (Fsp3) is 0.350. The number of hydrogen-bond acceptors (Lipinski definition) is 1. The summed E-state index contributed by atoms with van der Waals surface area (Å²) < 4.78 is 12.9. The summed E-state index contributed by atoms with van der Waals surface area (Å²) in [5.41, 5.74) is 2.07. The first-order valence-electron chi connectivity index (χ1n) is 7.96. The van der Waals surface area contributed by atoms with E-state index in [1.165, 1.54) is 17.7 Å². The van der Waals surface area contributed by atoms with Crippen LogP contribution in [0.5, 0.6) is 0 Å². The van der Waals surface area contributed by atoms with E-state index in [4.69, 9.17) is 0 Å². The molecule has 2 nitrogen and oxygen atoms in total. The normalized spacial score (nSPS) is 12.7. The number of nitrogens with one attached hydrogen (secondary N) is 1. The van der Waals surface area contributed by atoms with E-state index in [1.807, 2.05) is 25.1 Å². The SMILES string of the molecule is CC(CC(C)(C)c1ccccc1)NC(=O)Cc1ccc(F)cc1. The van der Waals surface area contributed by atoms with Crippen molar-refractivity contribution in [2.75, 3.05) is 0 Å². The van der Waals surface area contributed by atoms with Gasteiger partial charge in [0.1, 0.15) is 5.82 Å². The van der Waals surface area contributed by atoms with Gasteiger partial charge in [-0.05, 0) is 42.0 Å². The number of hydrogen-bond donors (Lipinski definition) is 1. The van der Waals surface area contributed by atoms with E-state index in [2.05, 4.69) is 31.3 Å². The molecule has 0 spiro atoms. The molecule has 1 amide bonds. The van der Waals surface area contributed by atoms with Gasteiger partial charge in [-0.25, -0.2) is 4.39 Å². The molecular weight excluding hydrogens is 289 g/mol. The number of halogens is 1. The summed E-state index contributed by atoms with van der Waals surface area (Å²) in [6, 6.07) is 16.4. The molecule has 0 saturated heterocycles. The number of carbonyl (C=O) groups excluding carboxylic acids is 1. The van der Waals surface area contributed by atoms with Crippen LogP contribution in [0.2, 0.25) is 0 Å². The van der Waals surface area contributed by atoms with Crippen molar-refractivity contribution in [1.29, 1.82) is 0 Å². The molecule has 1 N–H and O–H groups in total. The second-order valence-electron chi connectivity index (χ2n) is 6.73. The van der Waals surface area contributed by atoms with Crippen LogP contribution in [0, 0.1) is 5.82 Å². The van der Waals surface area contributed by atoms with E-state index in [-0.39, 0.29) is 29.6 Å². The summed E-state index contributed by atoms with van der Waals surface area (Å²) in [5, 5.41) is 3.04. The van der Waals surface area contributed by atoms with Gasteiger partial charge in [-0.2, -0.15) is 0 Å². The summed E-state index contributed by atoms with van der Waals surface area (Å²) in [6.45, 7) is 6.39. The second kappa shape index (κ2) is 7.40. The molecule has 0 aliphatic heterocycles. The lowest BCUT2D eigenvalue weighted by Gasteiger charge is -2.29. The third kappa shape index (κ3) is 5.20. The summed E-state index contributed by atoms with van der Waals surface area (Å²) in [5.74, 6) is -0.319. The smallest absolute Gasteiger partial charge is 0.224 e. The van der Waals surface area contributed by atoms with Gasteiger partial charge in [-0.15, -0.1) is 0 Å². The molecule has 0 aliphatic rings. The van der Waals surface area contributed by atoms with Crippen LogP contribution in [-0.2, 0) is 16.6 Å². The van der Waals surface area contributed by atoms with E-state index in [1.54, 1.807) is 12.1 Å². The molecule has 3 heteroatoms.